The highest BCUT2D eigenvalue weighted by Gasteiger charge is 2.42. The number of anilines is 1. The number of aliphatic hydroxyl groups is 1. The topological polar surface area (TPSA) is 70.9 Å². The highest BCUT2D eigenvalue weighted by molar-refractivity contribution is 5.54. The van der Waals surface area contributed by atoms with Crippen LogP contribution >= 0.6 is 0 Å². The second kappa shape index (κ2) is 6.01. The van der Waals surface area contributed by atoms with Crippen LogP contribution in [0.3, 0.4) is 0 Å². The second-order valence-electron chi connectivity index (χ2n) is 6.15. The zero-order valence-corrected chi connectivity index (χ0v) is 13.0. The molecular formula is C16H17F3N4O. The maximum absolute atomic E-state index is 13.2. The summed E-state index contributed by atoms with van der Waals surface area (Å²) in [7, 11) is 0. The third-order valence-corrected chi connectivity index (χ3v) is 4.13. The third kappa shape index (κ3) is 3.48. The molecule has 0 aliphatic heterocycles. The Morgan fingerprint density at radius 1 is 1.25 bits per heavy atom. The van der Waals surface area contributed by atoms with E-state index in [2.05, 4.69) is 20.3 Å². The van der Waals surface area contributed by atoms with Crippen molar-refractivity contribution >= 4 is 5.82 Å². The summed E-state index contributed by atoms with van der Waals surface area (Å²) in [5.74, 6) is 0.135. The Bertz CT molecular complexity index is 719. The highest BCUT2D eigenvalue weighted by Crippen LogP contribution is 2.41. The van der Waals surface area contributed by atoms with Crippen LogP contribution in [0.25, 0.3) is 11.5 Å². The molecule has 2 N–H and O–H groups in total. The van der Waals surface area contributed by atoms with Gasteiger partial charge in [0.15, 0.2) is 11.5 Å². The first kappa shape index (κ1) is 16.6. The number of alkyl halides is 3. The van der Waals surface area contributed by atoms with Crippen LogP contribution in [-0.2, 0) is 6.18 Å². The Morgan fingerprint density at radius 2 is 2.00 bits per heavy atom. The van der Waals surface area contributed by atoms with E-state index in [-0.39, 0.29) is 29.9 Å². The number of aliphatic hydroxyl groups excluding tert-OH is 1. The van der Waals surface area contributed by atoms with Crippen LogP contribution in [0.2, 0.25) is 0 Å². The number of rotatable bonds is 5. The normalized spacial score (nSPS) is 17.4. The summed E-state index contributed by atoms with van der Waals surface area (Å²) in [5.41, 5.74) is -1.50. The van der Waals surface area contributed by atoms with E-state index in [0.717, 1.165) is 18.9 Å². The minimum atomic E-state index is -4.60. The standard InChI is InChI=1S/C16H17F3N4O/c1-15(9-24,10-5-6-10)23-13-8-12(16(17,18)19)21-14(22-13)11-4-2-3-7-20-11/h2-4,7-8,10,24H,5-6,9H2,1H3,(H,21,22,23). The van der Waals surface area contributed by atoms with Crippen molar-refractivity contribution < 1.29 is 18.3 Å². The molecule has 0 spiro atoms. The molecule has 3 rings (SSSR count). The van der Waals surface area contributed by atoms with Gasteiger partial charge < -0.3 is 10.4 Å². The Morgan fingerprint density at radius 3 is 2.54 bits per heavy atom. The first-order chi connectivity index (χ1) is 11.3. The fourth-order valence-corrected chi connectivity index (χ4v) is 2.55. The minimum Gasteiger partial charge on any atom is -0.394 e. The molecule has 0 radical (unpaired) electrons. The molecule has 0 saturated heterocycles. The molecule has 5 nitrogen and oxygen atoms in total. The Balaban J connectivity index is 2.02. The molecule has 24 heavy (non-hydrogen) atoms. The summed E-state index contributed by atoms with van der Waals surface area (Å²) >= 11 is 0. The SMILES string of the molecule is CC(CO)(Nc1cc(C(F)(F)F)nc(-c2ccccn2)n1)C1CC1. The van der Waals surface area contributed by atoms with Gasteiger partial charge in [0.25, 0.3) is 0 Å². The van der Waals surface area contributed by atoms with Crippen LogP contribution in [0.15, 0.2) is 30.5 Å². The lowest BCUT2D eigenvalue weighted by Gasteiger charge is -2.29. The molecular weight excluding hydrogens is 321 g/mol. The zero-order valence-electron chi connectivity index (χ0n) is 13.0. The molecule has 1 aliphatic rings. The number of hydrogen-bond donors (Lipinski definition) is 2. The van der Waals surface area contributed by atoms with Crippen LogP contribution in [-0.4, -0.2) is 32.2 Å². The zero-order chi connectivity index (χ0) is 17.4. The lowest BCUT2D eigenvalue weighted by molar-refractivity contribution is -0.141. The average Bonchev–Trinajstić information content (AvgIpc) is 3.40. The van der Waals surface area contributed by atoms with Gasteiger partial charge in [0.05, 0.1) is 12.1 Å². The molecule has 0 aromatic carbocycles. The van der Waals surface area contributed by atoms with Crippen LogP contribution in [0.5, 0.6) is 0 Å². The number of nitrogens with zero attached hydrogens (tertiary/aromatic N) is 3. The summed E-state index contributed by atoms with van der Waals surface area (Å²) in [6, 6.07) is 5.72. The molecule has 0 amide bonds. The van der Waals surface area contributed by atoms with Crippen molar-refractivity contribution in [2.45, 2.75) is 31.5 Å². The summed E-state index contributed by atoms with van der Waals surface area (Å²) < 4.78 is 39.5. The van der Waals surface area contributed by atoms with Gasteiger partial charge in [-0.3, -0.25) is 4.98 Å². The van der Waals surface area contributed by atoms with Crippen molar-refractivity contribution in [3.63, 3.8) is 0 Å². The molecule has 2 aromatic heterocycles. The molecule has 8 heteroatoms. The maximum atomic E-state index is 13.2. The molecule has 128 valence electrons. The predicted octanol–water partition coefficient (Wildman–Crippen LogP) is 3.13. The lowest BCUT2D eigenvalue weighted by Crippen LogP contribution is -2.41. The van der Waals surface area contributed by atoms with Gasteiger partial charge in [0, 0.05) is 12.3 Å². The first-order valence-corrected chi connectivity index (χ1v) is 7.58. The molecule has 1 unspecified atom stereocenters. The first-order valence-electron chi connectivity index (χ1n) is 7.58. The molecule has 1 aliphatic carbocycles. The van der Waals surface area contributed by atoms with E-state index >= 15 is 0 Å². The van der Waals surface area contributed by atoms with E-state index < -0.39 is 17.4 Å². The fourth-order valence-electron chi connectivity index (χ4n) is 2.55. The van der Waals surface area contributed by atoms with Gasteiger partial charge in [-0.2, -0.15) is 13.2 Å². The highest BCUT2D eigenvalue weighted by atomic mass is 19.4. The summed E-state index contributed by atoms with van der Waals surface area (Å²) in [4.78, 5) is 11.8. The predicted molar refractivity (Wildman–Crippen MR) is 82.1 cm³/mol. The van der Waals surface area contributed by atoms with E-state index in [0.29, 0.717) is 0 Å². The van der Waals surface area contributed by atoms with Crippen molar-refractivity contribution in [1.29, 1.82) is 0 Å². The van der Waals surface area contributed by atoms with Gasteiger partial charge in [0.2, 0.25) is 0 Å². The van der Waals surface area contributed by atoms with Gasteiger partial charge >= 0.3 is 6.18 Å². The fraction of sp³-hybridized carbons (Fsp3) is 0.438. The van der Waals surface area contributed by atoms with E-state index in [1.165, 1.54) is 6.20 Å². The Kier molecular flexibility index (Phi) is 4.16. The summed E-state index contributed by atoms with van der Waals surface area (Å²) in [6.07, 6.45) is -1.28. The van der Waals surface area contributed by atoms with E-state index in [4.69, 9.17) is 0 Å². The van der Waals surface area contributed by atoms with Gasteiger partial charge in [0.1, 0.15) is 11.5 Å². The van der Waals surface area contributed by atoms with Crippen molar-refractivity contribution in [2.75, 3.05) is 11.9 Å². The minimum absolute atomic E-state index is 0.0291. The van der Waals surface area contributed by atoms with Crippen LogP contribution in [0.1, 0.15) is 25.5 Å². The number of nitrogens with one attached hydrogen (secondary N) is 1. The van der Waals surface area contributed by atoms with E-state index in [9.17, 15) is 18.3 Å². The lowest BCUT2D eigenvalue weighted by atomic mass is 9.97. The number of hydrogen-bond acceptors (Lipinski definition) is 5. The van der Waals surface area contributed by atoms with Crippen LogP contribution < -0.4 is 5.32 Å². The van der Waals surface area contributed by atoms with Crippen LogP contribution in [0.4, 0.5) is 19.0 Å². The quantitative estimate of drug-likeness (QED) is 0.876. The van der Waals surface area contributed by atoms with E-state index in [1.54, 1.807) is 25.1 Å². The smallest absolute Gasteiger partial charge is 0.394 e. The van der Waals surface area contributed by atoms with Crippen molar-refractivity contribution in [3.8, 4) is 11.5 Å². The molecule has 1 fully saturated rings. The van der Waals surface area contributed by atoms with Gasteiger partial charge in [-0.1, -0.05) is 6.07 Å². The van der Waals surface area contributed by atoms with Crippen molar-refractivity contribution in [1.82, 2.24) is 15.0 Å². The molecule has 2 heterocycles. The summed E-state index contributed by atoms with van der Waals surface area (Å²) in [5, 5.41) is 12.6. The molecule has 1 atom stereocenters. The van der Waals surface area contributed by atoms with Gasteiger partial charge in [-0.25, -0.2) is 9.97 Å². The third-order valence-electron chi connectivity index (χ3n) is 4.13. The van der Waals surface area contributed by atoms with Crippen LogP contribution in [0, 0.1) is 5.92 Å². The monoisotopic (exact) mass is 338 g/mol. The Labute approximate surface area is 137 Å². The van der Waals surface area contributed by atoms with Gasteiger partial charge in [-0.05, 0) is 37.8 Å². The number of pyridine rings is 1. The van der Waals surface area contributed by atoms with E-state index in [1.807, 2.05) is 0 Å². The molecule has 1 saturated carbocycles. The average molecular weight is 338 g/mol. The number of aromatic nitrogens is 3. The number of halogens is 3. The van der Waals surface area contributed by atoms with Crippen molar-refractivity contribution in [3.05, 3.63) is 36.2 Å². The Hall–Kier alpha value is -2.22. The molecule has 2 aromatic rings. The van der Waals surface area contributed by atoms with Crippen molar-refractivity contribution in [2.24, 2.45) is 5.92 Å². The largest absolute Gasteiger partial charge is 0.433 e. The van der Waals surface area contributed by atoms with Gasteiger partial charge in [-0.15, -0.1) is 0 Å². The maximum Gasteiger partial charge on any atom is 0.433 e. The summed E-state index contributed by atoms with van der Waals surface area (Å²) in [6.45, 7) is 1.59. The molecule has 0 bridgehead atoms. The second-order valence-corrected chi connectivity index (χ2v) is 6.15.